The van der Waals surface area contributed by atoms with Gasteiger partial charge < -0.3 is 20.3 Å². The van der Waals surface area contributed by atoms with E-state index in [1.165, 1.54) is 17.7 Å². The largest absolute Gasteiger partial charge is 0.460 e. The first kappa shape index (κ1) is 16.8. The molecule has 3 N–H and O–H groups in total. The maximum Gasteiger partial charge on any atom is 0.311 e. The van der Waals surface area contributed by atoms with Gasteiger partial charge in [-0.25, -0.2) is 4.98 Å². The number of aliphatic hydroxyl groups excluding tert-OH is 1. The van der Waals surface area contributed by atoms with Crippen molar-refractivity contribution in [3.8, 4) is 0 Å². The minimum atomic E-state index is -0.925. The number of anilines is 1. The van der Waals surface area contributed by atoms with Crippen LogP contribution < -0.4 is 10.6 Å². The summed E-state index contributed by atoms with van der Waals surface area (Å²) in [6, 6.07) is 0. The fourth-order valence-corrected chi connectivity index (χ4v) is 3.68. The second-order valence-corrected chi connectivity index (χ2v) is 6.57. The van der Waals surface area contributed by atoms with E-state index in [9.17, 15) is 14.7 Å². The van der Waals surface area contributed by atoms with Gasteiger partial charge in [0.05, 0.1) is 17.0 Å². The number of nitrogen functional groups attached to an aromatic ring is 1. The molecule has 3 rings (SSSR count). The number of thiazole rings is 1. The van der Waals surface area contributed by atoms with Crippen molar-refractivity contribution in [3.63, 3.8) is 0 Å². The van der Waals surface area contributed by atoms with E-state index >= 15 is 0 Å². The average Bonchev–Trinajstić information content (AvgIpc) is 3.03. The summed E-state index contributed by atoms with van der Waals surface area (Å²) in [6.45, 7) is 3.18. The zero-order valence-electron chi connectivity index (χ0n) is 13.2. The first-order valence-electron chi connectivity index (χ1n) is 7.55. The van der Waals surface area contributed by atoms with Gasteiger partial charge in [-0.15, -0.1) is 0 Å². The number of ether oxygens (including phenoxy) is 2. The van der Waals surface area contributed by atoms with Crippen molar-refractivity contribution in [2.45, 2.75) is 51.2 Å². The number of nitrogens with zero attached hydrogens (tertiary/aromatic N) is 3. The maximum absolute atomic E-state index is 12.3. The highest BCUT2D eigenvalue weighted by molar-refractivity contribution is 7.16. The van der Waals surface area contributed by atoms with Gasteiger partial charge in [-0.05, 0) is 6.42 Å². The van der Waals surface area contributed by atoms with Gasteiger partial charge in [0.25, 0.3) is 0 Å². The van der Waals surface area contributed by atoms with Gasteiger partial charge in [-0.3, -0.25) is 14.2 Å². The first-order valence-corrected chi connectivity index (χ1v) is 8.36. The molecule has 0 aromatic carbocycles. The van der Waals surface area contributed by atoms with Gasteiger partial charge in [0, 0.05) is 13.3 Å². The molecule has 0 amide bonds. The molecule has 2 aromatic heterocycles. The Morgan fingerprint density at radius 2 is 2.42 bits per heavy atom. The number of aliphatic hydroxyl groups is 1. The van der Waals surface area contributed by atoms with Crippen LogP contribution in [0.1, 0.15) is 32.9 Å². The van der Waals surface area contributed by atoms with Crippen LogP contribution in [0, 0.1) is 0 Å². The van der Waals surface area contributed by atoms with Crippen molar-refractivity contribution >= 4 is 33.6 Å². The molecule has 2 aromatic rings. The van der Waals surface area contributed by atoms with E-state index in [1.54, 1.807) is 0 Å². The smallest absolute Gasteiger partial charge is 0.311 e. The van der Waals surface area contributed by atoms with Crippen LogP contribution in [0.4, 0.5) is 5.95 Å². The Hall–Kier alpha value is -2.04. The molecular formula is C14H18N4O5S. The third-order valence-electron chi connectivity index (χ3n) is 3.88. The van der Waals surface area contributed by atoms with Gasteiger partial charge >= 0.3 is 10.8 Å². The van der Waals surface area contributed by atoms with Crippen LogP contribution in [0.5, 0.6) is 0 Å². The van der Waals surface area contributed by atoms with Crippen LogP contribution in [0.3, 0.4) is 0 Å². The number of hydrogen-bond acceptors (Lipinski definition) is 9. The third kappa shape index (κ3) is 2.99. The van der Waals surface area contributed by atoms with Crippen LogP contribution in [0.15, 0.2) is 11.0 Å². The fourth-order valence-electron chi connectivity index (χ4n) is 2.86. The van der Waals surface area contributed by atoms with Crippen LogP contribution in [0.2, 0.25) is 0 Å². The summed E-state index contributed by atoms with van der Waals surface area (Å²) in [5.41, 5.74) is 5.92. The molecule has 0 spiro atoms. The Morgan fingerprint density at radius 3 is 3.08 bits per heavy atom. The molecule has 1 aliphatic heterocycles. The average molecular weight is 354 g/mol. The molecule has 1 fully saturated rings. The van der Waals surface area contributed by atoms with E-state index in [-0.39, 0.29) is 17.2 Å². The summed E-state index contributed by atoms with van der Waals surface area (Å²) in [7, 11) is 0. The van der Waals surface area contributed by atoms with Crippen molar-refractivity contribution in [1.29, 1.82) is 0 Å². The van der Waals surface area contributed by atoms with Crippen molar-refractivity contribution < 1.29 is 19.4 Å². The van der Waals surface area contributed by atoms with E-state index in [4.69, 9.17) is 15.2 Å². The van der Waals surface area contributed by atoms with Gasteiger partial charge in [0.15, 0.2) is 11.9 Å². The van der Waals surface area contributed by atoms with E-state index in [0.717, 1.165) is 11.3 Å². The summed E-state index contributed by atoms with van der Waals surface area (Å²) in [4.78, 5) is 31.1. The lowest BCUT2D eigenvalue weighted by atomic mass is 10.1. The molecule has 1 aliphatic rings. The molecule has 0 aliphatic carbocycles. The molecule has 0 saturated carbocycles. The predicted octanol–water partition coefficient (Wildman–Crippen LogP) is 0.425. The lowest BCUT2D eigenvalue weighted by Crippen LogP contribution is -2.31. The Kier molecular flexibility index (Phi) is 4.52. The van der Waals surface area contributed by atoms with Gasteiger partial charge in [0.2, 0.25) is 5.95 Å². The van der Waals surface area contributed by atoms with Crippen LogP contribution >= 0.6 is 11.3 Å². The minimum Gasteiger partial charge on any atom is -0.460 e. The Bertz CT molecular complexity index is 819. The van der Waals surface area contributed by atoms with Crippen molar-refractivity contribution in [1.82, 2.24) is 14.5 Å². The number of aromatic nitrogens is 3. The molecule has 3 heterocycles. The minimum absolute atomic E-state index is 0.0319. The SMILES string of the molecule is CC[C@H](OC(C)=O)[C@@H]1C[C@@H](O)[C@H](n2c(=O)sc3cnc(N)nc32)O1. The van der Waals surface area contributed by atoms with Crippen LogP contribution in [0.25, 0.3) is 10.3 Å². The van der Waals surface area contributed by atoms with Gasteiger partial charge in [0.1, 0.15) is 12.2 Å². The predicted molar refractivity (Wildman–Crippen MR) is 86.5 cm³/mol. The van der Waals surface area contributed by atoms with Crippen molar-refractivity contribution in [2.24, 2.45) is 0 Å². The summed E-state index contributed by atoms with van der Waals surface area (Å²) < 4.78 is 12.9. The van der Waals surface area contributed by atoms with Crippen molar-refractivity contribution in [2.75, 3.05) is 5.73 Å². The Morgan fingerprint density at radius 1 is 1.67 bits per heavy atom. The Labute approximate surface area is 141 Å². The second kappa shape index (κ2) is 6.46. The van der Waals surface area contributed by atoms with Crippen molar-refractivity contribution in [3.05, 3.63) is 15.9 Å². The van der Waals surface area contributed by atoms with E-state index in [1.807, 2.05) is 6.92 Å². The highest BCUT2D eigenvalue weighted by atomic mass is 32.1. The molecule has 4 atom stereocenters. The topological polar surface area (TPSA) is 130 Å². The number of esters is 1. The molecule has 1 saturated heterocycles. The number of carbonyl (C=O) groups excluding carboxylic acids is 1. The number of nitrogens with two attached hydrogens (primary N) is 1. The van der Waals surface area contributed by atoms with E-state index in [0.29, 0.717) is 16.8 Å². The number of fused-ring (bicyclic) bond motifs is 1. The summed E-state index contributed by atoms with van der Waals surface area (Å²) in [6.07, 6.45) is -0.560. The zero-order chi connectivity index (χ0) is 17.4. The molecular weight excluding hydrogens is 336 g/mol. The number of carbonyl (C=O) groups is 1. The summed E-state index contributed by atoms with van der Waals surface area (Å²) in [5.74, 6) is -0.383. The number of hydrogen-bond donors (Lipinski definition) is 2. The highest BCUT2D eigenvalue weighted by Crippen LogP contribution is 2.33. The molecule has 0 radical (unpaired) electrons. The standard InChI is InChI=1S/C14H18N4O5S/c1-3-8(22-6(2)19)9-4-7(20)12(23-9)18-11-10(24-14(18)21)5-16-13(15)17-11/h5,7-9,12,20H,3-4H2,1-2H3,(H2,15,16,17)/t7-,8+,9+,12-/m1/s1. The van der Waals surface area contributed by atoms with Crippen LogP contribution in [-0.2, 0) is 14.3 Å². The third-order valence-corrected chi connectivity index (χ3v) is 4.76. The molecule has 10 heteroatoms. The summed E-state index contributed by atoms with van der Waals surface area (Å²) >= 11 is 0.953. The highest BCUT2D eigenvalue weighted by Gasteiger charge is 2.41. The fraction of sp³-hybridized carbons (Fsp3) is 0.571. The zero-order valence-corrected chi connectivity index (χ0v) is 14.0. The normalized spacial score (nSPS) is 25.0. The molecule has 9 nitrogen and oxygen atoms in total. The lowest BCUT2D eigenvalue weighted by Gasteiger charge is -2.22. The van der Waals surface area contributed by atoms with Crippen LogP contribution in [-0.4, -0.2) is 43.9 Å². The van der Waals surface area contributed by atoms with Gasteiger partial charge in [-0.2, -0.15) is 4.98 Å². The molecule has 130 valence electrons. The first-order chi connectivity index (χ1) is 11.4. The van der Waals surface area contributed by atoms with Gasteiger partial charge in [-0.1, -0.05) is 18.3 Å². The van der Waals surface area contributed by atoms with E-state index < -0.39 is 30.5 Å². The Balaban J connectivity index is 1.93. The van der Waals surface area contributed by atoms with E-state index in [2.05, 4.69) is 9.97 Å². The molecule has 0 bridgehead atoms. The summed E-state index contributed by atoms with van der Waals surface area (Å²) in [5, 5.41) is 10.4. The monoisotopic (exact) mass is 354 g/mol. The molecule has 0 unspecified atom stereocenters. The lowest BCUT2D eigenvalue weighted by molar-refractivity contribution is -0.156. The quantitative estimate of drug-likeness (QED) is 0.756. The second-order valence-electron chi connectivity index (χ2n) is 5.58. The molecule has 24 heavy (non-hydrogen) atoms. The number of rotatable bonds is 4. The maximum atomic E-state index is 12.3.